The van der Waals surface area contributed by atoms with Crippen LogP contribution in [0.3, 0.4) is 0 Å². The fourth-order valence-electron chi connectivity index (χ4n) is 3.23. The summed E-state index contributed by atoms with van der Waals surface area (Å²) in [4.78, 5) is 13.0. The van der Waals surface area contributed by atoms with Crippen LogP contribution in [0, 0.1) is 6.92 Å². The molecule has 6 nitrogen and oxygen atoms in total. The van der Waals surface area contributed by atoms with Gasteiger partial charge in [0.05, 0.1) is 11.4 Å². The minimum absolute atomic E-state index is 0.231. The summed E-state index contributed by atoms with van der Waals surface area (Å²) in [7, 11) is 0. The van der Waals surface area contributed by atoms with E-state index in [1.165, 1.54) is 0 Å². The molecule has 6 heteroatoms. The Labute approximate surface area is 175 Å². The van der Waals surface area contributed by atoms with Crippen molar-refractivity contribution < 1.29 is 4.79 Å². The van der Waals surface area contributed by atoms with Crippen molar-refractivity contribution in [3.8, 4) is 5.69 Å². The number of amides is 1. The second-order valence-corrected chi connectivity index (χ2v) is 6.98. The number of nitrogens with two attached hydrogens (primary N) is 1. The molecular formula is C24H23N5O. The molecule has 0 aliphatic rings. The summed E-state index contributed by atoms with van der Waals surface area (Å²) < 4.78 is 1.65. The van der Waals surface area contributed by atoms with E-state index >= 15 is 0 Å². The molecule has 1 aromatic heterocycles. The third kappa shape index (κ3) is 4.39. The minimum atomic E-state index is -0.231. The molecule has 4 rings (SSSR count). The van der Waals surface area contributed by atoms with E-state index in [2.05, 4.69) is 15.7 Å². The second kappa shape index (κ2) is 8.63. The fraction of sp³-hybridized carbons (Fsp3) is 0.0833. The molecule has 30 heavy (non-hydrogen) atoms. The Morgan fingerprint density at radius 2 is 1.63 bits per heavy atom. The van der Waals surface area contributed by atoms with Crippen LogP contribution in [-0.4, -0.2) is 15.7 Å². The zero-order valence-electron chi connectivity index (χ0n) is 16.7. The van der Waals surface area contributed by atoms with Gasteiger partial charge in [0.15, 0.2) is 0 Å². The van der Waals surface area contributed by atoms with Crippen molar-refractivity contribution in [3.05, 3.63) is 102 Å². The lowest BCUT2D eigenvalue weighted by molar-refractivity contribution is 0.101. The Bertz CT molecular complexity index is 1170. The highest BCUT2D eigenvalue weighted by Gasteiger charge is 2.16. The summed E-state index contributed by atoms with van der Waals surface area (Å²) in [6.07, 6.45) is 0. The van der Waals surface area contributed by atoms with Crippen LogP contribution in [0.2, 0.25) is 0 Å². The van der Waals surface area contributed by atoms with Gasteiger partial charge in [-0.25, -0.2) is 4.68 Å². The predicted octanol–water partition coefficient (Wildman–Crippen LogP) is 4.64. The average molecular weight is 397 g/mol. The molecule has 0 unspecified atom stereocenters. The molecule has 0 aliphatic heterocycles. The van der Waals surface area contributed by atoms with Crippen LogP contribution in [0.25, 0.3) is 5.69 Å². The summed E-state index contributed by atoms with van der Waals surface area (Å²) in [6.45, 7) is 2.29. The summed E-state index contributed by atoms with van der Waals surface area (Å²) in [5.41, 5.74) is 11.3. The number of carbonyl (C=O) groups excluding carboxylic acids is 1. The maximum absolute atomic E-state index is 13.0. The highest BCUT2D eigenvalue weighted by atomic mass is 16.2. The Balaban J connectivity index is 1.57. The molecule has 0 fully saturated rings. The van der Waals surface area contributed by atoms with E-state index in [4.69, 9.17) is 5.73 Å². The van der Waals surface area contributed by atoms with Crippen molar-refractivity contribution in [3.63, 3.8) is 0 Å². The molecule has 1 amide bonds. The van der Waals surface area contributed by atoms with Gasteiger partial charge in [-0.15, -0.1) is 0 Å². The zero-order valence-corrected chi connectivity index (χ0v) is 16.7. The molecule has 0 radical (unpaired) electrons. The van der Waals surface area contributed by atoms with Gasteiger partial charge in [-0.3, -0.25) is 4.79 Å². The molecule has 0 saturated carbocycles. The zero-order chi connectivity index (χ0) is 20.9. The molecule has 4 aromatic rings. The lowest BCUT2D eigenvalue weighted by Crippen LogP contribution is -2.17. The van der Waals surface area contributed by atoms with Crippen LogP contribution in [0.4, 0.5) is 17.1 Å². The molecule has 3 aromatic carbocycles. The van der Waals surface area contributed by atoms with Crippen LogP contribution in [-0.2, 0) is 6.54 Å². The number of nitrogens with one attached hydrogen (secondary N) is 2. The van der Waals surface area contributed by atoms with Crippen LogP contribution < -0.4 is 16.4 Å². The summed E-state index contributed by atoms with van der Waals surface area (Å²) in [6, 6.07) is 27.0. The third-order valence-corrected chi connectivity index (χ3v) is 4.64. The van der Waals surface area contributed by atoms with Gasteiger partial charge in [0.1, 0.15) is 5.69 Å². The van der Waals surface area contributed by atoms with Gasteiger partial charge in [-0.2, -0.15) is 5.10 Å². The Morgan fingerprint density at radius 1 is 0.900 bits per heavy atom. The number of nitrogens with zero attached hydrogens (tertiary/aromatic N) is 2. The largest absolute Gasteiger partial charge is 0.355 e. The van der Waals surface area contributed by atoms with Gasteiger partial charge in [-0.1, -0.05) is 36.4 Å². The van der Waals surface area contributed by atoms with Gasteiger partial charge < -0.3 is 16.4 Å². The number of rotatable bonds is 6. The Kier molecular flexibility index (Phi) is 5.59. The first kappa shape index (κ1) is 19.4. The number of para-hydroxylation sites is 1. The topological polar surface area (TPSA) is 85.0 Å². The van der Waals surface area contributed by atoms with Crippen LogP contribution in [0.5, 0.6) is 0 Å². The summed E-state index contributed by atoms with van der Waals surface area (Å²) in [5.74, 6) is -0.231. The first-order valence-electron chi connectivity index (χ1n) is 9.72. The first-order chi connectivity index (χ1) is 14.6. The van der Waals surface area contributed by atoms with Gasteiger partial charge in [-0.05, 0) is 61.0 Å². The minimum Gasteiger partial charge on any atom is -0.355 e. The number of carbonyl (C=O) groups is 1. The number of hydrogen-bond acceptors (Lipinski definition) is 4. The van der Waals surface area contributed by atoms with E-state index in [-0.39, 0.29) is 5.91 Å². The van der Waals surface area contributed by atoms with Gasteiger partial charge in [0.2, 0.25) is 0 Å². The monoisotopic (exact) mass is 397 g/mol. The van der Waals surface area contributed by atoms with Crippen molar-refractivity contribution in [1.82, 2.24) is 9.78 Å². The van der Waals surface area contributed by atoms with Crippen molar-refractivity contribution in [1.29, 1.82) is 0 Å². The molecular weight excluding hydrogens is 374 g/mol. The average Bonchev–Trinajstić information content (AvgIpc) is 3.17. The number of aryl methyl sites for hydroxylation is 1. The lowest BCUT2D eigenvalue weighted by Gasteiger charge is -2.11. The van der Waals surface area contributed by atoms with Crippen LogP contribution in [0.1, 0.15) is 21.7 Å². The van der Waals surface area contributed by atoms with E-state index in [0.717, 1.165) is 28.3 Å². The van der Waals surface area contributed by atoms with E-state index < -0.39 is 0 Å². The molecule has 150 valence electrons. The maximum Gasteiger partial charge on any atom is 0.274 e. The number of aromatic nitrogens is 2. The van der Waals surface area contributed by atoms with Crippen molar-refractivity contribution >= 4 is 23.0 Å². The molecule has 0 aliphatic carbocycles. The van der Waals surface area contributed by atoms with Crippen molar-refractivity contribution in [2.75, 3.05) is 10.6 Å². The summed E-state index contributed by atoms with van der Waals surface area (Å²) in [5, 5.41) is 10.8. The summed E-state index contributed by atoms with van der Waals surface area (Å²) >= 11 is 0. The lowest BCUT2D eigenvalue weighted by atomic mass is 10.2. The normalized spacial score (nSPS) is 10.6. The van der Waals surface area contributed by atoms with Gasteiger partial charge in [0.25, 0.3) is 5.91 Å². The highest BCUT2D eigenvalue weighted by molar-refractivity contribution is 6.03. The van der Waals surface area contributed by atoms with E-state index in [9.17, 15) is 4.79 Å². The molecule has 0 bridgehead atoms. The fourth-order valence-corrected chi connectivity index (χ4v) is 3.23. The Hall–Kier alpha value is -3.90. The molecule has 4 N–H and O–H groups in total. The first-order valence-corrected chi connectivity index (χ1v) is 9.72. The maximum atomic E-state index is 13.0. The molecule has 0 spiro atoms. The van der Waals surface area contributed by atoms with E-state index in [1.54, 1.807) is 10.7 Å². The number of benzene rings is 3. The van der Waals surface area contributed by atoms with Crippen LogP contribution in [0.15, 0.2) is 84.9 Å². The second-order valence-electron chi connectivity index (χ2n) is 6.98. The quantitative estimate of drug-likeness (QED) is 0.443. The standard InChI is InChI=1S/C24H23N5O/c1-17-13-23(29(28-17)22-12-5-7-18(14-22)16-25)24(30)27-21-11-6-10-20(15-21)26-19-8-3-2-4-9-19/h2-15,26H,16,25H2,1H3,(H,27,30). The number of anilines is 3. The SMILES string of the molecule is Cc1cc(C(=O)Nc2cccc(Nc3ccccc3)c2)n(-c2cccc(CN)c2)n1. The van der Waals surface area contributed by atoms with Crippen molar-refractivity contribution in [2.45, 2.75) is 13.5 Å². The molecule has 0 atom stereocenters. The van der Waals surface area contributed by atoms with Crippen molar-refractivity contribution in [2.24, 2.45) is 5.73 Å². The molecule has 0 saturated heterocycles. The van der Waals surface area contributed by atoms with E-state index in [1.807, 2.05) is 85.8 Å². The van der Waals surface area contributed by atoms with E-state index in [0.29, 0.717) is 17.9 Å². The Morgan fingerprint density at radius 3 is 2.43 bits per heavy atom. The third-order valence-electron chi connectivity index (χ3n) is 4.64. The van der Waals surface area contributed by atoms with Gasteiger partial charge >= 0.3 is 0 Å². The van der Waals surface area contributed by atoms with Gasteiger partial charge in [0, 0.05) is 23.6 Å². The number of hydrogen-bond donors (Lipinski definition) is 3. The molecule has 1 heterocycles. The highest BCUT2D eigenvalue weighted by Crippen LogP contribution is 2.21. The predicted molar refractivity (Wildman–Crippen MR) is 120 cm³/mol. The van der Waals surface area contributed by atoms with Crippen LogP contribution >= 0.6 is 0 Å². The smallest absolute Gasteiger partial charge is 0.274 e.